The first-order chi connectivity index (χ1) is 9.68. The molecule has 0 saturated carbocycles. The van der Waals surface area contributed by atoms with Gasteiger partial charge in [0, 0.05) is 38.6 Å². The maximum atomic E-state index is 12.5. The van der Waals surface area contributed by atoms with Crippen LogP contribution in [0.5, 0.6) is 0 Å². The van der Waals surface area contributed by atoms with Crippen molar-refractivity contribution in [2.45, 2.75) is 26.4 Å². The largest absolute Gasteiger partial charge is 0.378 e. The van der Waals surface area contributed by atoms with Gasteiger partial charge in [-0.1, -0.05) is 13.8 Å². The van der Waals surface area contributed by atoms with Crippen LogP contribution in [0.25, 0.3) is 0 Å². The fraction of sp³-hybridized carbons (Fsp3) is 0.714. The molecule has 1 amide bonds. The number of nitrogens with zero attached hydrogens (tertiary/aromatic N) is 3. The van der Waals surface area contributed by atoms with Crippen LogP contribution in [0.2, 0.25) is 0 Å². The Labute approximate surface area is 120 Å². The fourth-order valence-electron chi connectivity index (χ4n) is 2.36. The van der Waals surface area contributed by atoms with Gasteiger partial charge < -0.3 is 19.5 Å². The van der Waals surface area contributed by atoms with E-state index < -0.39 is 0 Å². The summed E-state index contributed by atoms with van der Waals surface area (Å²) in [5.41, 5.74) is 0. The van der Waals surface area contributed by atoms with Gasteiger partial charge in [0.05, 0.1) is 25.6 Å². The second-order valence-corrected chi connectivity index (χ2v) is 5.41. The first-order valence-electron chi connectivity index (χ1n) is 7.24. The first-order valence-corrected chi connectivity index (χ1v) is 7.24. The van der Waals surface area contributed by atoms with Crippen molar-refractivity contribution in [1.29, 1.82) is 0 Å². The van der Waals surface area contributed by atoms with Crippen LogP contribution in [0, 0.1) is 5.92 Å². The third kappa shape index (κ3) is 4.05. The van der Waals surface area contributed by atoms with E-state index >= 15 is 0 Å². The molecule has 1 aromatic heterocycles. The number of morpholine rings is 1. The van der Waals surface area contributed by atoms with Crippen LogP contribution in [0.3, 0.4) is 0 Å². The third-order valence-corrected chi connectivity index (χ3v) is 3.55. The molecule has 112 valence electrons. The van der Waals surface area contributed by atoms with Gasteiger partial charge >= 0.3 is 0 Å². The molecule has 1 aromatic rings. The van der Waals surface area contributed by atoms with Crippen molar-refractivity contribution < 1.29 is 9.53 Å². The second kappa shape index (κ2) is 7.40. The number of carbonyl (C=O) groups is 1. The first kappa shape index (κ1) is 15.0. The summed E-state index contributed by atoms with van der Waals surface area (Å²) in [5, 5.41) is 3.37. The molecule has 1 N–H and O–H groups in total. The molecule has 1 aliphatic heterocycles. The summed E-state index contributed by atoms with van der Waals surface area (Å²) in [7, 11) is 0. The molecule has 6 heteroatoms. The van der Waals surface area contributed by atoms with E-state index in [9.17, 15) is 4.79 Å². The normalized spacial score (nSPS) is 17.4. The van der Waals surface area contributed by atoms with Crippen molar-refractivity contribution in [1.82, 2.24) is 19.8 Å². The van der Waals surface area contributed by atoms with E-state index in [-0.39, 0.29) is 17.9 Å². The number of ether oxygens (including phenoxy) is 1. The van der Waals surface area contributed by atoms with Gasteiger partial charge in [0.1, 0.15) is 0 Å². The summed E-state index contributed by atoms with van der Waals surface area (Å²) in [6.45, 7) is 8.42. The Bertz CT molecular complexity index is 399. The quantitative estimate of drug-likeness (QED) is 0.817. The summed E-state index contributed by atoms with van der Waals surface area (Å²) in [6, 6.07) is -0.128. The lowest BCUT2D eigenvalue weighted by Crippen LogP contribution is -2.52. The van der Waals surface area contributed by atoms with E-state index in [1.807, 2.05) is 15.7 Å². The molecule has 0 bridgehead atoms. The smallest absolute Gasteiger partial charge is 0.240 e. The van der Waals surface area contributed by atoms with Gasteiger partial charge in [-0.25, -0.2) is 4.98 Å². The molecule has 0 aromatic carbocycles. The van der Waals surface area contributed by atoms with Gasteiger partial charge in [0.15, 0.2) is 0 Å². The predicted molar refractivity (Wildman–Crippen MR) is 76.3 cm³/mol. The summed E-state index contributed by atoms with van der Waals surface area (Å²) < 4.78 is 7.30. The van der Waals surface area contributed by atoms with Gasteiger partial charge in [-0.2, -0.15) is 0 Å². The third-order valence-electron chi connectivity index (χ3n) is 3.55. The predicted octanol–water partition coefficient (Wildman–Crippen LogP) is 0.356. The van der Waals surface area contributed by atoms with Crippen LogP contribution >= 0.6 is 0 Å². The Morgan fingerprint density at radius 2 is 2.15 bits per heavy atom. The minimum atomic E-state index is -0.128. The van der Waals surface area contributed by atoms with Crippen molar-refractivity contribution >= 4 is 5.91 Å². The molecule has 1 aliphatic rings. The van der Waals surface area contributed by atoms with Crippen molar-refractivity contribution in [2.24, 2.45) is 5.92 Å². The monoisotopic (exact) mass is 280 g/mol. The van der Waals surface area contributed by atoms with E-state index in [0.717, 1.165) is 13.1 Å². The number of rotatable bonds is 6. The number of hydrogen-bond donors (Lipinski definition) is 1. The highest BCUT2D eigenvalue weighted by Crippen LogP contribution is 2.08. The van der Waals surface area contributed by atoms with Gasteiger partial charge in [0.25, 0.3) is 0 Å². The number of imidazole rings is 1. The van der Waals surface area contributed by atoms with Crippen LogP contribution in [0.1, 0.15) is 13.8 Å². The van der Waals surface area contributed by atoms with E-state index in [4.69, 9.17) is 4.74 Å². The molecule has 1 unspecified atom stereocenters. The van der Waals surface area contributed by atoms with E-state index in [1.165, 1.54) is 0 Å². The minimum Gasteiger partial charge on any atom is -0.378 e. The zero-order valence-corrected chi connectivity index (χ0v) is 12.3. The van der Waals surface area contributed by atoms with E-state index in [0.29, 0.717) is 26.3 Å². The highest BCUT2D eigenvalue weighted by molar-refractivity contribution is 5.82. The fourth-order valence-corrected chi connectivity index (χ4v) is 2.36. The number of nitrogens with one attached hydrogen (secondary N) is 1. The van der Waals surface area contributed by atoms with Crippen molar-refractivity contribution in [3.63, 3.8) is 0 Å². The molecular formula is C14H24N4O2. The average molecular weight is 280 g/mol. The summed E-state index contributed by atoms with van der Waals surface area (Å²) in [5.74, 6) is 0.460. The highest BCUT2D eigenvalue weighted by Gasteiger charge is 2.27. The standard InChI is InChI=1S/C14H24N4O2/c1-12(2)13(14(19)18-7-9-20-10-8-18)16-4-6-17-5-3-15-11-17/h3,5,11-13,16H,4,6-10H2,1-2H3. The minimum absolute atomic E-state index is 0.128. The van der Waals surface area contributed by atoms with Crippen LogP contribution in [0.4, 0.5) is 0 Å². The Morgan fingerprint density at radius 1 is 1.40 bits per heavy atom. The van der Waals surface area contributed by atoms with Crippen LogP contribution in [-0.2, 0) is 16.1 Å². The summed E-state index contributed by atoms with van der Waals surface area (Å²) in [4.78, 5) is 18.4. The average Bonchev–Trinajstić information content (AvgIpc) is 2.97. The van der Waals surface area contributed by atoms with Gasteiger partial charge in [-0.3, -0.25) is 4.79 Å². The molecule has 20 heavy (non-hydrogen) atoms. The lowest BCUT2D eigenvalue weighted by molar-refractivity contribution is -0.138. The number of carbonyl (C=O) groups excluding carboxylic acids is 1. The Hall–Kier alpha value is -1.40. The molecule has 2 heterocycles. The summed E-state index contributed by atoms with van der Waals surface area (Å²) in [6.07, 6.45) is 5.48. The Kier molecular flexibility index (Phi) is 5.55. The van der Waals surface area contributed by atoms with Crippen molar-refractivity contribution in [3.8, 4) is 0 Å². The molecule has 6 nitrogen and oxygen atoms in total. The van der Waals surface area contributed by atoms with Crippen molar-refractivity contribution in [2.75, 3.05) is 32.8 Å². The van der Waals surface area contributed by atoms with E-state index in [2.05, 4.69) is 24.1 Å². The molecule has 0 spiro atoms. The van der Waals surface area contributed by atoms with Gasteiger partial charge in [-0.05, 0) is 5.92 Å². The van der Waals surface area contributed by atoms with Crippen LogP contribution in [0.15, 0.2) is 18.7 Å². The second-order valence-electron chi connectivity index (χ2n) is 5.41. The molecule has 2 rings (SSSR count). The van der Waals surface area contributed by atoms with Crippen molar-refractivity contribution in [3.05, 3.63) is 18.7 Å². The molecule has 1 atom stereocenters. The van der Waals surface area contributed by atoms with Crippen LogP contribution in [-0.4, -0.2) is 59.2 Å². The topological polar surface area (TPSA) is 59.4 Å². The lowest BCUT2D eigenvalue weighted by Gasteiger charge is -2.32. The number of aromatic nitrogens is 2. The molecular weight excluding hydrogens is 256 g/mol. The summed E-state index contributed by atoms with van der Waals surface area (Å²) >= 11 is 0. The maximum Gasteiger partial charge on any atom is 0.240 e. The van der Waals surface area contributed by atoms with Gasteiger partial charge in [-0.15, -0.1) is 0 Å². The van der Waals surface area contributed by atoms with E-state index in [1.54, 1.807) is 12.5 Å². The Balaban J connectivity index is 1.84. The molecule has 0 radical (unpaired) electrons. The molecule has 0 aliphatic carbocycles. The highest BCUT2D eigenvalue weighted by atomic mass is 16.5. The SMILES string of the molecule is CC(C)C(NCCn1ccnc1)C(=O)N1CCOCC1. The van der Waals surface area contributed by atoms with Gasteiger partial charge in [0.2, 0.25) is 5.91 Å². The lowest BCUT2D eigenvalue weighted by atomic mass is 10.0. The zero-order chi connectivity index (χ0) is 14.4. The number of hydrogen-bond acceptors (Lipinski definition) is 4. The number of amides is 1. The Morgan fingerprint density at radius 3 is 2.75 bits per heavy atom. The zero-order valence-electron chi connectivity index (χ0n) is 12.3. The molecule has 1 fully saturated rings. The van der Waals surface area contributed by atoms with Crippen LogP contribution < -0.4 is 5.32 Å². The molecule has 1 saturated heterocycles. The maximum absolute atomic E-state index is 12.5.